The third kappa shape index (κ3) is 3.61. The van der Waals surface area contributed by atoms with Crippen LogP contribution in [-0.4, -0.2) is 6.54 Å². The highest BCUT2D eigenvalue weighted by molar-refractivity contribution is 5.33. The van der Waals surface area contributed by atoms with Gasteiger partial charge in [-0.15, -0.1) is 0 Å². The molecule has 0 aliphatic heterocycles. The molecule has 1 N–H and O–H groups in total. The molecular weight excluding hydrogens is 282 g/mol. The van der Waals surface area contributed by atoms with Gasteiger partial charge in [0.25, 0.3) is 0 Å². The summed E-state index contributed by atoms with van der Waals surface area (Å²) in [5.74, 6) is -3.53. The lowest BCUT2D eigenvalue weighted by atomic mass is 9.97. The van der Waals surface area contributed by atoms with Gasteiger partial charge in [0.15, 0.2) is 11.6 Å². The van der Waals surface area contributed by atoms with Gasteiger partial charge in [-0.2, -0.15) is 0 Å². The molecule has 2 rings (SSSR count). The average Bonchev–Trinajstić information content (AvgIpc) is 2.42. The summed E-state index contributed by atoms with van der Waals surface area (Å²) in [5.41, 5.74) is 0.235. The summed E-state index contributed by atoms with van der Waals surface area (Å²) in [6.07, 6.45) is 0.741. The van der Waals surface area contributed by atoms with E-state index in [1.165, 1.54) is 12.1 Å². The van der Waals surface area contributed by atoms with Crippen LogP contribution in [0.3, 0.4) is 0 Å². The van der Waals surface area contributed by atoms with Crippen LogP contribution < -0.4 is 5.32 Å². The fourth-order valence-corrected chi connectivity index (χ4v) is 2.18. The van der Waals surface area contributed by atoms with Crippen molar-refractivity contribution in [1.29, 1.82) is 0 Å². The largest absolute Gasteiger partial charge is 0.306 e. The number of hydrogen-bond donors (Lipinski definition) is 1. The molecule has 0 amide bonds. The minimum atomic E-state index is -1.02. The summed E-state index contributed by atoms with van der Waals surface area (Å²) < 4.78 is 54.1. The fourth-order valence-electron chi connectivity index (χ4n) is 2.18. The molecule has 0 aromatic heterocycles. The summed E-state index contributed by atoms with van der Waals surface area (Å²) in [6.45, 7) is 2.40. The van der Waals surface area contributed by atoms with Gasteiger partial charge in [0.1, 0.15) is 11.6 Å². The quantitative estimate of drug-likeness (QED) is 0.810. The molecule has 5 heteroatoms. The zero-order chi connectivity index (χ0) is 15.4. The van der Waals surface area contributed by atoms with E-state index in [4.69, 9.17) is 0 Å². The van der Waals surface area contributed by atoms with E-state index in [1.807, 2.05) is 6.92 Å². The van der Waals surface area contributed by atoms with E-state index < -0.39 is 29.3 Å². The highest BCUT2D eigenvalue weighted by Crippen LogP contribution is 2.27. The molecule has 2 aromatic rings. The van der Waals surface area contributed by atoms with E-state index in [2.05, 4.69) is 5.32 Å². The van der Waals surface area contributed by atoms with Gasteiger partial charge >= 0.3 is 0 Å². The Morgan fingerprint density at radius 2 is 1.67 bits per heavy atom. The molecule has 0 spiro atoms. The summed E-state index contributed by atoms with van der Waals surface area (Å²) in [5, 5.41) is 2.98. The number of halogens is 4. The molecular formula is C16H15F4N. The van der Waals surface area contributed by atoms with Gasteiger partial charge in [-0.3, -0.25) is 0 Å². The zero-order valence-electron chi connectivity index (χ0n) is 11.5. The molecule has 112 valence electrons. The second-order valence-corrected chi connectivity index (χ2v) is 4.73. The van der Waals surface area contributed by atoms with Gasteiger partial charge in [-0.05, 0) is 36.7 Å². The second kappa shape index (κ2) is 6.72. The summed E-state index contributed by atoms with van der Waals surface area (Å²) >= 11 is 0. The van der Waals surface area contributed by atoms with E-state index in [-0.39, 0.29) is 11.1 Å². The molecule has 0 aliphatic rings. The highest BCUT2D eigenvalue weighted by Gasteiger charge is 2.20. The molecule has 0 radical (unpaired) electrons. The lowest BCUT2D eigenvalue weighted by molar-refractivity contribution is 0.478. The van der Waals surface area contributed by atoms with Crippen LogP contribution in [0.4, 0.5) is 17.6 Å². The molecule has 2 aromatic carbocycles. The first kappa shape index (κ1) is 15.5. The molecule has 0 aliphatic carbocycles. The monoisotopic (exact) mass is 297 g/mol. The Kier molecular flexibility index (Phi) is 4.96. The molecule has 1 nitrogen and oxygen atoms in total. The van der Waals surface area contributed by atoms with E-state index in [0.29, 0.717) is 6.54 Å². The SMILES string of the molecule is CCCNC(c1cc(F)cc(F)c1)c1cccc(F)c1F. The smallest absolute Gasteiger partial charge is 0.163 e. The third-order valence-electron chi connectivity index (χ3n) is 3.11. The highest BCUT2D eigenvalue weighted by atomic mass is 19.2. The predicted molar refractivity (Wildman–Crippen MR) is 72.9 cm³/mol. The minimum Gasteiger partial charge on any atom is -0.306 e. The van der Waals surface area contributed by atoms with E-state index >= 15 is 0 Å². The summed E-state index contributed by atoms with van der Waals surface area (Å²) in [7, 11) is 0. The van der Waals surface area contributed by atoms with Crippen LogP contribution >= 0.6 is 0 Å². The molecule has 1 atom stereocenters. The Morgan fingerprint density at radius 1 is 1.00 bits per heavy atom. The zero-order valence-corrected chi connectivity index (χ0v) is 11.5. The van der Waals surface area contributed by atoms with Crippen molar-refractivity contribution < 1.29 is 17.6 Å². The fraction of sp³-hybridized carbons (Fsp3) is 0.250. The lowest BCUT2D eigenvalue weighted by Crippen LogP contribution is -2.24. The number of hydrogen-bond acceptors (Lipinski definition) is 1. The minimum absolute atomic E-state index is 0.0217. The van der Waals surface area contributed by atoms with Crippen LogP contribution in [0.15, 0.2) is 36.4 Å². The summed E-state index contributed by atoms with van der Waals surface area (Å²) in [6, 6.07) is 5.91. The number of nitrogens with one attached hydrogen (secondary N) is 1. The van der Waals surface area contributed by atoms with Crippen LogP contribution in [0.5, 0.6) is 0 Å². The Morgan fingerprint density at radius 3 is 2.29 bits per heavy atom. The molecule has 0 heterocycles. The lowest BCUT2D eigenvalue weighted by Gasteiger charge is -2.20. The van der Waals surface area contributed by atoms with Crippen LogP contribution in [-0.2, 0) is 0 Å². The van der Waals surface area contributed by atoms with Gasteiger partial charge in [0.05, 0.1) is 6.04 Å². The van der Waals surface area contributed by atoms with Gasteiger partial charge in [-0.25, -0.2) is 17.6 Å². The van der Waals surface area contributed by atoms with Crippen molar-refractivity contribution in [2.24, 2.45) is 0 Å². The maximum absolute atomic E-state index is 14.0. The van der Waals surface area contributed by atoms with Crippen LogP contribution in [0.2, 0.25) is 0 Å². The van der Waals surface area contributed by atoms with E-state index in [1.54, 1.807) is 0 Å². The van der Waals surface area contributed by atoms with Gasteiger partial charge in [0, 0.05) is 11.6 Å². The maximum Gasteiger partial charge on any atom is 0.163 e. The maximum atomic E-state index is 14.0. The van der Waals surface area contributed by atoms with Crippen molar-refractivity contribution in [2.45, 2.75) is 19.4 Å². The Hall–Kier alpha value is -1.88. The molecule has 1 unspecified atom stereocenters. The van der Waals surface area contributed by atoms with Gasteiger partial charge in [-0.1, -0.05) is 19.1 Å². The Balaban J connectivity index is 2.49. The number of benzene rings is 2. The molecule has 0 saturated heterocycles. The first-order chi connectivity index (χ1) is 10.0. The van der Waals surface area contributed by atoms with Crippen LogP contribution in [0.25, 0.3) is 0 Å². The Bertz CT molecular complexity index is 607. The van der Waals surface area contributed by atoms with Crippen LogP contribution in [0.1, 0.15) is 30.5 Å². The van der Waals surface area contributed by atoms with Gasteiger partial charge < -0.3 is 5.32 Å². The van der Waals surface area contributed by atoms with E-state index in [9.17, 15) is 17.6 Å². The van der Waals surface area contributed by atoms with Gasteiger partial charge in [0.2, 0.25) is 0 Å². The van der Waals surface area contributed by atoms with Crippen molar-refractivity contribution in [3.8, 4) is 0 Å². The van der Waals surface area contributed by atoms with Crippen molar-refractivity contribution in [3.63, 3.8) is 0 Å². The predicted octanol–water partition coefficient (Wildman–Crippen LogP) is 4.33. The third-order valence-corrected chi connectivity index (χ3v) is 3.11. The van der Waals surface area contributed by atoms with Crippen molar-refractivity contribution in [3.05, 3.63) is 70.8 Å². The molecule has 0 fully saturated rings. The Labute approximate surface area is 120 Å². The standard InChI is InChI=1S/C16H15F4N/c1-2-6-21-16(10-7-11(17)9-12(18)8-10)13-4-3-5-14(19)15(13)20/h3-5,7-9,16,21H,2,6H2,1H3. The molecule has 0 bridgehead atoms. The first-order valence-corrected chi connectivity index (χ1v) is 6.66. The van der Waals surface area contributed by atoms with Crippen molar-refractivity contribution >= 4 is 0 Å². The normalized spacial score (nSPS) is 12.4. The first-order valence-electron chi connectivity index (χ1n) is 6.66. The van der Waals surface area contributed by atoms with Crippen molar-refractivity contribution in [1.82, 2.24) is 5.32 Å². The second-order valence-electron chi connectivity index (χ2n) is 4.73. The van der Waals surface area contributed by atoms with Crippen LogP contribution in [0, 0.1) is 23.3 Å². The molecule has 21 heavy (non-hydrogen) atoms. The number of rotatable bonds is 5. The van der Waals surface area contributed by atoms with Crippen molar-refractivity contribution in [2.75, 3.05) is 6.54 Å². The summed E-state index contributed by atoms with van der Waals surface area (Å²) in [4.78, 5) is 0. The van der Waals surface area contributed by atoms with E-state index in [0.717, 1.165) is 30.7 Å². The average molecular weight is 297 g/mol. The molecule has 0 saturated carbocycles. The topological polar surface area (TPSA) is 12.0 Å².